The first-order valence-corrected chi connectivity index (χ1v) is 8.74. The van der Waals surface area contributed by atoms with Crippen LogP contribution in [0.2, 0.25) is 0 Å². The lowest BCUT2D eigenvalue weighted by molar-refractivity contribution is 0.0490. The lowest BCUT2D eigenvalue weighted by Gasteiger charge is -2.44. The number of benzene rings is 1. The Morgan fingerprint density at radius 3 is 2.46 bits per heavy atom. The summed E-state index contributed by atoms with van der Waals surface area (Å²) in [6, 6.07) is 9.67. The number of aromatic nitrogens is 3. The van der Waals surface area contributed by atoms with E-state index in [-0.39, 0.29) is 5.91 Å². The zero-order chi connectivity index (χ0) is 16.4. The molecule has 1 aromatic carbocycles. The van der Waals surface area contributed by atoms with Crippen LogP contribution >= 0.6 is 0 Å². The molecule has 0 atom stereocenters. The fraction of sp³-hybridized carbons (Fsp3) is 0.500. The van der Waals surface area contributed by atoms with E-state index in [0.29, 0.717) is 11.1 Å². The Bertz CT molecular complexity index is 695. The summed E-state index contributed by atoms with van der Waals surface area (Å²) in [6.45, 7) is 3.88. The molecule has 1 amide bonds. The number of carbonyl (C=O) groups excluding carboxylic acids is 1. The molecule has 4 rings (SSSR count). The van der Waals surface area contributed by atoms with E-state index < -0.39 is 0 Å². The first-order valence-electron chi connectivity index (χ1n) is 8.74. The normalized spacial score (nSPS) is 20.2. The summed E-state index contributed by atoms with van der Waals surface area (Å²) in [7, 11) is 0. The van der Waals surface area contributed by atoms with Gasteiger partial charge in [-0.05, 0) is 56.3 Å². The minimum atomic E-state index is 0.000894. The molecule has 1 N–H and O–H groups in total. The molecule has 2 aromatic rings. The zero-order valence-corrected chi connectivity index (χ0v) is 13.8. The Morgan fingerprint density at radius 2 is 1.75 bits per heavy atom. The smallest absolute Gasteiger partial charge is 0.276 e. The van der Waals surface area contributed by atoms with Gasteiger partial charge in [-0.15, -0.1) is 5.10 Å². The van der Waals surface area contributed by atoms with Crippen LogP contribution in [0.3, 0.4) is 0 Å². The molecule has 6 heteroatoms. The summed E-state index contributed by atoms with van der Waals surface area (Å²) in [4.78, 5) is 16.2. The van der Waals surface area contributed by atoms with Gasteiger partial charge in [0.25, 0.3) is 5.91 Å². The summed E-state index contributed by atoms with van der Waals surface area (Å²) in [5.41, 5.74) is 1.74. The Morgan fingerprint density at radius 1 is 1.04 bits per heavy atom. The van der Waals surface area contributed by atoms with Crippen molar-refractivity contribution in [3.63, 3.8) is 0 Å². The van der Waals surface area contributed by atoms with Crippen LogP contribution in [-0.2, 0) is 0 Å². The van der Waals surface area contributed by atoms with E-state index in [1.165, 1.54) is 17.6 Å². The first-order chi connectivity index (χ1) is 11.8. The third-order valence-electron chi connectivity index (χ3n) is 5.47. The van der Waals surface area contributed by atoms with Crippen LogP contribution in [0, 0.1) is 5.41 Å². The molecule has 126 valence electrons. The quantitative estimate of drug-likeness (QED) is 0.916. The highest BCUT2D eigenvalue weighted by Crippen LogP contribution is 2.39. The number of piperidine rings is 2. The second-order valence-corrected chi connectivity index (χ2v) is 6.90. The summed E-state index contributed by atoms with van der Waals surface area (Å²) >= 11 is 0. The summed E-state index contributed by atoms with van der Waals surface area (Å²) < 4.78 is 0. The van der Waals surface area contributed by atoms with Crippen LogP contribution in [0.15, 0.2) is 36.5 Å². The van der Waals surface area contributed by atoms with Gasteiger partial charge in [0.05, 0.1) is 11.9 Å². The number of nitrogens with zero attached hydrogens (tertiary/aromatic N) is 4. The highest BCUT2D eigenvalue weighted by Gasteiger charge is 2.37. The minimum absolute atomic E-state index is 0.000894. The average Bonchev–Trinajstić information content (AvgIpc) is 3.13. The van der Waals surface area contributed by atoms with Gasteiger partial charge in [-0.2, -0.15) is 9.90 Å². The Labute approximate surface area is 141 Å². The number of hydrogen-bond acceptors (Lipinski definition) is 4. The van der Waals surface area contributed by atoms with Crippen LogP contribution < -0.4 is 5.32 Å². The number of hydrogen-bond donors (Lipinski definition) is 1. The van der Waals surface area contributed by atoms with Gasteiger partial charge in [0, 0.05) is 13.1 Å². The first kappa shape index (κ1) is 15.3. The van der Waals surface area contributed by atoms with Gasteiger partial charge in [-0.3, -0.25) is 4.79 Å². The molecule has 0 bridgehead atoms. The number of carbonyl (C=O) groups is 1. The van der Waals surface area contributed by atoms with Crippen molar-refractivity contribution in [2.24, 2.45) is 5.41 Å². The number of para-hydroxylation sites is 1. The van der Waals surface area contributed by atoms with Crippen LogP contribution in [0.5, 0.6) is 0 Å². The van der Waals surface area contributed by atoms with E-state index in [1.807, 2.05) is 35.2 Å². The maximum absolute atomic E-state index is 12.7. The molecule has 2 fully saturated rings. The van der Waals surface area contributed by atoms with Gasteiger partial charge in [0.2, 0.25) is 0 Å². The summed E-state index contributed by atoms with van der Waals surface area (Å²) in [5.74, 6) is 0.000894. The molecule has 6 nitrogen and oxygen atoms in total. The van der Waals surface area contributed by atoms with E-state index in [4.69, 9.17) is 0 Å². The molecular weight excluding hydrogens is 302 g/mol. The van der Waals surface area contributed by atoms with Crippen molar-refractivity contribution in [1.29, 1.82) is 0 Å². The van der Waals surface area contributed by atoms with E-state index in [0.717, 1.165) is 44.7 Å². The maximum Gasteiger partial charge on any atom is 0.276 e. The molecule has 0 radical (unpaired) electrons. The predicted octanol–water partition coefficient (Wildman–Crippen LogP) is 1.87. The van der Waals surface area contributed by atoms with Crippen molar-refractivity contribution in [1.82, 2.24) is 25.2 Å². The van der Waals surface area contributed by atoms with Crippen LogP contribution in [-0.4, -0.2) is 52.0 Å². The molecule has 1 aromatic heterocycles. The maximum atomic E-state index is 12.7. The molecule has 24 heavy (non-hydrogen) atoms. The zero-order valence-electron chi connectivity index (χ0n) is 13.8. The number of amides is 1. The number of likely N-dealkylation sites (tertiary alicyclic amines) is 1. The van der Waals surface area contributed by atoms with Gasteiger partial charge >= 0.3 is 0 Å². The molecule has 2 aliphatic heterocycles. The second kappa shape index (κ2) is 6.36. The third-order valence-corrected chi connectivity index (χ3v) is 5.47. The van der Waals surface area contributed by atoms with Gasteiger partial charge in [0.15, 0.2) is 5.69 Å². The fourth-order valence-electron chi connectivity index (χ4n) is 3.85. The largest absolute Gasteiger partial charge is 0.337 e. The average molecular weight is 325 g/mol. The lowest BCUT2D eigenvalue weighted by Crippen LogP contribution is -2.47. The Balaban J connectivity index is 1.43. The SMILES string of the molecule is O=C(c1cnn(-c2ccccc2)n1)N1CCC2(CCNCC2)CC1. The van der Waals surface area contributed by atoms with Crippen LogP contribution in [0.1, 0.15) is 36.2 Å². The standard InChI is InChI=1S/C18H23N5O/c24-17(16-14-20-23(21-16)15-4-2-1-3-5-15)22-12-8-18(9-13-22)6-10-19-11-7-18/h1-5,14,19H,6-13H2. The predicted molar refractivity (Wildman–Crippen MR) is 91.0 cm³/mol. The molecular formula is C18H23N5O. The van der Waals surface area contributed by atoms with E-state index in [2.05, 4.69) is 15.5 Å². The second-order valence-electron chi connectivity index (χ2n) is 6.90. The van der Waals surface area contributed by atoms with E-state index >= 15 is 0 Å². The van der Waals surface area contributed by atoms with Crippen molar-refractivity contribution < 1.29 is 4.79 Å². The van der Waals surface area contributed by atoms with Crippen LogP contribution in [0.25, 0.3) is 5.69 Å². The van der Waals surface area contributed by atoms with E-state index in [9.17, 15) is 4.79 Å². The summed E-state index contributed by atoms with van der Waals surface area (Å²) in [5, 5.41) is 12.0. The van der Waals surface area contributed by atoms with Crippen molar-refractivity contribution in [2.75, 3.05) is 26.2 Å². The van der Waals surface area contributed by atoms with Crippen molar-refractivity contribution in [3.8, 4) is 5.69 Å². The number of nitrogens with one attached hydrogen (secondary N) is 1. The van der Waals surface area contributed by atoms with Gasteiger partial charge in [0.1, 0.15) is 0 Å². The third kappa shape index (κ3) is 2.94. The van der Waals surface area contributed by atoms with Crippen molar-refractivity contribution >= 4 is 5.91 Å². The highest BCUT2D eigenvalue weighted by molar-refractivity contribution is 5.92. The van der Waals surface area contributed by atoms with Gasteiger partial charge in [-0.25, -0.2) is 0 Å². The molecule has 0 aliphatic carbocycles. The molecule has 0 saturated carbocycles. The molecule has 0 unspecified atom stereocenters. The fourth-order valence-corrected chi connectivity index (χ4v) is 3.85. The van der Waals surface area contributed by atoms with E-state index in [1.54, 1.807) is 6.20 Å². The highest BCUT2D eigenvalue weighted by atomic mass is 16.2. The molecule has 1 spiro atoms. The lowest BCUT2D eigenvalue weighted by atomic mass is 9.71. The molecule has 2 aliphatic rings. The number of rotatable bonds is 2. The molecule has 2 saturated heterocycles. The Kier molecular flexibility index (Phi) is 4.06. The van der Waals surface area contributed by atoms with Gasteiger partial charge in [-0.1, -0.05) is 18.2 Å². The topological polar surface area (TPSA) is 63.1 Å². The Hall–Kier alpha value is -2.21. The van der Waals surface area contributed by atoms with Gasteiger partial charge < -0.3 is 10.2 Å². The van der Waals surface area contributed by atoms with Crippen molar-refractivity contribution in [2.45, 2.75) is 25.7 Å². The minimum Gasteiger partial charge on any atom is -0.337 e. The monoisotopic (exact) mass is 325 g/mol. The summed E-state index contributed by atoms with van der Waals surface area (Å²) in [6.07, 6.45) is 6.25. The van der Waals surface area contributed by atoms with Crippen LogP contribution in [0.4, 0.5) is 0 Å². The van der Waals surface area contributed by atoms with Crippen molar-refractivity contribution in [3.05, 3.63) is 42.2 Å². The molecule has 3 heterocycles.